The van der Waals surface area contributed by atoms with Gasteiger partial charge in [0.25, 0.3) is 0 Å². The van der Waals surface area contributed by atoms with Crippen molar-refractivity contribution < 1.29 is 14.3 Å². The second-order valence-corrected chi connectivity index (χ2v) is 4.73. The molecule has 1 aromatic carbocycles. The van der Waals surface area contributed by atoms with Gasteiger partial charge in [-0.05, 0) is 17.5 Å². The van der Waals surface area contributed by atoms with Crippen molar-refractivity contribution in [3.63, 3.8) is 0 Å². The number of halogens is 1. The van der Waals surface area contributed by atoms with Gasteiger partial charge in [0.05, 0.1) is 19.6 Å². The molecule has 1 aliphatic rings. The molecule has 0 aliphatic carbocycles. The van der Waals surface area contributed by atoms with Crippen LogP contribution in [0.25, 0.3) is 0 Å². The summed E-state index contributed by atoms with van der Waals surface area (Å²) in [5, 5.41) is 0. The normalized spacial score (nSPS) is 17.8. The number of methoxy groups -OCH3 is 1. The Bertz CT molecular complexity index is 489. The van der Waals surface area contributed by atoms with E-state index in [-0.39, 0.29) is 30.2 Å². The second kappa shape index (κ2) is 6.06. The van der Waals surface area contributed by atoms with Gasteiger partial charge in [0.1, 0.15) is 5.88 Å². The SMILES string of the molecule is COC(=O)CC1c2ccccc2CCN1C(=O)CCl. The molecule has 0 N–H and O–H groups in total. The third-order valence-electron chi connectivity index (χ3n) is 3.43. The summed E-state index contributed by atoms with van der Waals surface area (Å²) in [7, 11) is 1.35. The zero-order chi connectivity index (χ0) is 13.8. The molecule has 1 amide bonds. The van der Waals surface area contributed by atoms with Gasteiger partial charge in [0.2, 0.25) is 5.91 Å². The first-order valence-corrected chi connectivity index (χ1v) is 6.71. The average molecular weight is 282 g/mol. The van der Waals surface area contributed by atoms with Crippen LogP contribution in [0.5, 0.6) is 0 Å². The molecule has 0 aromatic heterocycles. The van der Waals surface area contributed by atoms with Gasteiger partial charge >= 0.3 is 5.97 Å². The number of hydrogen-bond donors (Lipinski definition) is 0. The van der Waals surface area contributed by atoms with Crippen LogP contribution in [0.3, 0.4) is 0 Å². The molecule has 1 heterocycles. The number of carbonyl (C=O) groups is 2. The third kappa shape index (κ3) is 2.89. The molecule has 1 atom stereocenters. The highest BCUT2D eigenvalue weighted by atomic mass is 35.5. The minimum absolute atomic E-state index is 0.0696. The maximum Gasteiger partial charge on any atom is 0.307 e. The highest BCUT2D eigenvalue weighted by Gasteiger charge is 2.31. The van der Waals surface area contributed by atoms with E-state index in [1.54, 1.807) is 4.90 Å². The first-order chi connectivity index (χ1) is 9.17. The number of esters is 1. The van der Waals surface area contributed by atoms with Crippen LogP contribution in [0.1, 0.15) is 23.6 Å². The van der Waals surface area contributed by atoms with Gasteiger partial charge in [-0.25, -0.2) is 0 Å². The lowest BCUT2D eigenvalue weighted by Gasteiger charge is -2.36. The Labute approximate surface area is 117 Å². The largest absolute Gasteiger partial charge is 0.469 e. The average Bonchev–Trinajstić information content (AvgIpc) is 2.46. The van der Waals surface area contributed by atoms with Crippen LogP contribution in [-0.4, -0.2) is 36.3 Å². The number of ether oxygens (including phenoxy) is 1. The number of rotatable bonds is 3. The number of fused-ring (bicyclic) bond motifs is 1. The van der Waals surface area contributed by atoms with Crippen LogP contribution in [0.4, 0.5) is 0 Å². The fraction of sp³-hybridized carbons (Fsp3) is 0.429. The summed E-state index contributed by atoms with van der Waals surface area (Å²) in [5.41, 5.74) is 2.19. The zero-order valence-corrected chi connectivity index (χ0v) is 11.5. The number of alkyl halides is 1. The molecule has 4 nitrogen and oxygen atoms in total. The Morgan fingerprint density at radius 3 is 2.84 bits per heavy atom. The van der Waals surface area contributed by atoms with E-state index in [1.165, 1.54) is 12.7 Å². The van der Waals surface area contributed by atoms with Gasteiger partial charge in [-0.15, -0.1) is 11.6 Å². The van der Waals surface area contributed by atoms with Crippen molar-refractivity contribution >= 4 is 23.5 Å². The fourth-order valence-electron chi connectivity index (χ4n) is 2.49. The van der Waals surface area contributed by atoms with Crippen molar-refractivity contribution in [2.24, 2.45) is 0 Å². The Hall–Kier alpha value is -1.55. The number of benzene rings is 1. The monoisotopic (exact) mass is 281 g/mol. The molecule has 1 unspecified atom stereocenters. The lowest BCUT2D eigenvalue weighted by molar-refractivity contribution is -0.143. The van der Waals surface area contributed by atoms with Crippen LogP contribution in [0, 0.1) is 0 Å². The van der Waals surface area contributed by atoms with Gasteiger partial charge in [-0.3, -0.25) is 9.59 Å². The van der Waals surface area contributed by atoms with Crippen LogP contribution in [0.2, 0.25) is 0 Å². The first-order valence-electron chi connectivity index (χ1n) is 6.17. The van der Waals surface area contributed by atoms with E-state index >= 15 is 0 Å². The highest BCUT2D eigenvalue weighted by Crippen LogP contribution is 2.32. The molecule has 5 heteroatoms. The summed E-state index contributed by atoms with van der Waals surface area (Å²) < 4.78 is 4.72. The van der Waals surface area contributed by atoms with E-state index in [1.807, 2.05) is 24.3 Å². The Balaban J connectivity index is 2.33. The summed E-state index contributed by atoms with van der Waals surface area (Å²) in [6.07, 6.45) is 0.951. The lowest BCUT2D eigenvalue weighted by atomic mass is 9.90. The summed E-state index contributed by atoms with van der Waals surface area (Å²) >= 11 is 5.64. The number of nitrogens with zero attached hydrogens (tertiary/aromatic N) is 1. The minimum atomic E-state index is -0.325. The molecule has 1 aromatic rings. The van der Waals surface area contributed by atoms with Crippen molar-refractivity contribution in [2.45, 2.75) is 18.9 Å². The molecule has 0 fully saturated rings. The molecule has 2 rings (SSSR count). The van der Waals surface area contributed by atoms with E-state index in [0.29, 0.717) is 6.54 Å². The quantitative estimate of drug-likeness (QED) is 0.628. The van der Waals surface area contributed by atoms with E-state index in [0.717, 1.165) is 12.0 Å². The Morgan fingerprint density at radius 1 is 1.42 bits per heavy atom. The predicted molar refractivity (Wildman–Crippen MR) is 72.0 cm³/mol. The van der Waals surface area contributed by atoms with Crippen molar-refractivity contribution in [3.05, 3.63) is 35.4 Å². The minimum Gasteiger partial charge on any atom is -0.469 e. The smallest absolute Gasteiger partial charge is 0.307 e. The molecular formula is C14H16ClNO3. The van der Waals surface area contributed by atoms with Gasteiger partial charge in [0.15, 0.2) is 0 Å². The first kappa shape index (κ1) is 13.9. The fourth-order valence-corrected chi connectivity index (χ4v) is 2.64. The van der Waals surface area contributed by atoms with Crippen molar-refractivity contribution in [3.8, 4) is 0 Å². The van der Waals surface area contributed by atoms with E-state index in [9.17, 15) is 9.59 Å². The van der Waals surface area contributed by atoms with Gasteiger partial charge in [-0.2, -0.15) is 0 Å². The molecular weight excluding hydrogens is 266 g/mol. The molecule has 0 bridgehead atoms. The molecule has 1 aliphatic heterocycles. The highest BCUT2D eigenvalue weighted by molar-refractivity contribution is 6.27. The Kier molecular flexibility index (Phi) is 4.43. The van der Waals surface area contributed by atoms with Crippen LogP contribution in [-0.2, 0) is 20.7 Å². The van der Waals surface area contributed by atoms with Gasteiger partial charge in [-0.1, -0.05) is 24.3 Å². The summed E-state index contributed by atoms with van der Waals surface area (Å²) in [4.78, 5) is 25.1. The second-order valence-electron chi connectivity index (χ2n) is 4.47. The predicted octanol–water partition coefficient (Wildman–Crippen LogP) is 1.91. The Morgan fingerprint density at radius 2 is 2.16 bits per heavy atom. The van der Waals surface area contributed by atoms with Gasteiger partial charge in [0, 0.05) is 6.54 Å². The summed E-state index contributed by atoms with van der Waals surface area (Å²) in [6, 6.07) is 7.59. The van der Waals surface area contributed by atoms with Crippen LogP contribution < -0.4 is 0 Å². The lowest BCUT2D eigenvalue weighted by Crippen LogP contribution is -2.41. The standard InChI is InChI=1S/C14H16ClNO3/c1-19-14(18)8-12-11-5-3-2-4-10(11)6-7-16(12)13(17)9-15/h2-5,12H,6-9H2,1H3. The van der Waals surface area contributed by atoms with E-state index in [2.05, 4.69) is 0 Å². The molecule has 102 valence electrons. The van der Waals surface area contributed by atoms with Crippen molar-refractivity contribution in [1.29, 1.82) is 0 Å². The van der Waals surface area contributed by atoms with Crippen molar-refractivity contribution in [1.82, 2.24) is 4.90 Å². The maximum atomic E-state index is 11.9. The molecule has 19 heavy (non-hydrogen) atoms. The van der Waals surface area contributed by atoms with E-state index < -0.39 is 0 Å². The molecule has 0 saturated heterocycles. The van der Waals surface area contributed by atoms with Crippen LogP contribution >= 0.6 is 11.6 Å². The van der Waals surface area contributed by atoms with Crippen LogP contribution in [0.15, 0.2) is 24.3 Å². The number of carbonyl (C=O) groups excluding carboxylic acids is 2. The number of hydrogen-bond acceptors (Lipinski definition) is 3. The zero-order valence-electron chi connectivity index (χ0n) is 10.8. The molecule has 0 saturated carbocycles. The molecule has 0 spiro atoms. The number of amides is 1. The topological polar surface area (TPSA) is 46.6 Å². The molecule has 0 radical (unpaired) electrons. The summed E-state index contributed by atoms with van der Waals surface area (Å²) in [5.74, 6) is -0.543. The van der Waals surface area contributed by atoms with E-state index in [4.69, 9.17) is 16.3 Å². The van der Waals surface area contributed by atoms with Gasteiger partial charge < -0.3 is 9.64 Å². The van der Waals surface area contributed by atoms with Crippen molar-refractivity contribution in [2.75, 3.05) is 19.5 Å². The summed E-state index contributed by atoms with van der Waals surface area (Å²) in [6.45, 7) is 0.588. The third-order valence-corrected chi connectivity index (χ3v) is 3.66. The maximum absolute atomic E-state index is 11.9.